The molecule has 0 radical (unpaired) electrons. The predicted molar refractivity (Wildman–Crippen MR) is 106 cm³/mol. The van der Waals surface area contributed by atoms with Crippen LogP contribution in [0.25, 0.3) is 5.69 Å². The van der Waals surface area contributed by atoms with E-state index in [0.29, 0.717) is 17.3 Å². The Kier molecular flexibility index (Phi) is 4.72. The average molecular weight is 399 g/mol. The van der Waals surface area contributed by atoms with E-state index in [9.17, 15) is 14.3 Å². The zero-order valence-corrected chi connectivity index (χ0v) is 16.1. The third-order valence-corrected chi connectivity index (χ3v) is 5.86. The number of carbonyl (C=O) groups excluding carboxylic acids is 1. The first-order chi connectivity index (χ1) is 13.5. The smallest absolute Gasteiger partial charge is 0.235 e. The monoisotopic (exact) mass is 399 g/mol. The quantitative estimate of drug-likeness (QED) is 0.700. The van der Waals surface area contributed by atoms with Gasteiger partial charge in [-0.15, -0.1) is 11.8 Å². The van der Waals surface area contributed by atoms with Gasteiger partial charge in [0.25, 0.3) is 0 Å². The van der Waals surface area contributed by atoms with Crippen LogP contribution in [-0.4, -0.2) is 33.7 Å². The molecule has 0 fully saturated rings. The van der Waals surface area contributed by atoms with Gasteiger partial charge in [-0.25, -0.2) is 9.07 Å². The minimum absolute atomic E-state index is 0.0537. The zero-order valence-electron chi connectivity index (χ0n) is 15.3. The first-order valence-corrected chi connectivity index (χ1v) is 9.66. The number of halogens is 1. The van der Waals surface area contributed by atoms with E-state index in [4.69, 9.17) is 4.74 Å². The number of nitrogens with one attached hydrogen (secondary N) is 1. The van der Waals surface area contributed by atoms with Gasteiger partial charge in [0.2, 0.25) is 5.91 Å². The molecular weight excluding hydrogens is 381 g/mol. The fourth-order valence-corrected chi connectivity index (χ4v) is 4.45. The van der Waals surface area contributed by atoms with Crippen LogP contribution in [0.5, 0.6) is 11.5 Å². The Morgan fingerprint density at radius 2 is 2.04 bits per heavy atom. The number of amides is 1. The van der Waals surface area contributed by atoms with Crippen molar-refractivity contribution in [2.75, 3.05) is 18.2 Å². The van der Waals surface area contributed by atoms with Gasteiger partial charge in [-0.1, -0.05) is 6.07 Å². The number of benzene rings is 2. The van der Waals surface area contributed by atoms with Crippen LogP contribution >= 0.6 is 11.8 Å². The van der Waals surface area contributed by atoms with E-state index in [1.165, 1.54) is 31.0 Å². The molecule has 0 saturated carbocycles. The lowest BCUT2D eigenvalue weighted by molar-refractivity contribution is -0.113. The van der Waals surface area contributed by atoms with Crippen LogP contribution in [0.1, 0.15) is 22.1 Å². The highest BCUT2D eigenvalue weighted by Crippen LogP contribution is 2.45. The molecule has 3 aromatic rings. The van der Waals surface area contributed by atoms with E-state index in [1.807, 2.05) is 13.0 Å². The van der Waals surface area contributed by atoms with Crippen molar-refractivity contribution in [3.8, 4) is 17.2 Å². The number of hydrogen-bond acceptors (Lipinski definition) is 5. The van der Waals surface area contributed by atoms with E-state index in [-0.39, 0.29) is 28.5 Å². The number of ether oxygens (including phenoxy) is 1. The Balaban J connectivity index is 1.87. The highest BCUT2D eigenvalue weighted by molar-refractivity contribution is 8.00. The molecule has 1 aromatic heterocycles. The number of hydrogen-bond donors (Lipinski definition) is 2. The molecule has 144 valence electrons. The number of methoxy groups -OCH3 is 1. The molecule has 28 heavy (non-hydrogen) atoms. The summed E-state index contributed by atoms with van der Waals surface area (Å²) in [6, 6.07) is 11.1. The summed E-state index contributed by atoms with van der Waals surface area (Å²) in [6.45, 7) is 1.88. The van der Waals surface area contributed by atoms with Crippen molar-refractivity contribution in [2.24, 2.45) is 0 Å². The fourth-order valence-electron chi connectivity index (χ4n) is 3.27. The Labute approximate surface area is 165 Å². The average Bonchev–Trinajstić information content (AvgIpc) is 2.89. The van der Waals surface area contributed by atoms with Crippen LogP contribution in [0.15, 0.2) is 42.5 Å². The Hall–Kier alpha value is -3.00. The summed E-state index contributed by atoms with van der Waals surface area (Å²) in [5, 5.41) is 17.2. The lowest BCUT2D eigenvalue weighted by atomic mass is 10.0. The molecule has 0 unspecified atom stereocenters. The molecule has 6 nitrogen and oxygen atoms in total. The number of anilines is 1. The number of nitrogens with zero attached hydrogens (tertiary/aromatic N) is 2. The number of carbonyl (C=O) groups is 1. The van der Waals surface area contributed by atoms with Gasteiger partial charge >= 0.3 is 0 Å². The maximum atomic E-state index is 13.3. The highest BCUT2D eigenvalue weighted by Gasteiger charge is 2.31. The standard InChI is InChI=1S/C20H18FN3O3S/c1-11-18-19(12-3-8-15(25)16(9-12)27-2)28-10-17(26)22-20(18)24(23-11)14-6-4-13(21)5-7-14/h3-9,19,25H,10H2,1-2H3,(H,22,26)/t19-/m0/s1. The maximum Gasteiger partial charge on any atom is 0.235 e. The van der Waals surface area contributed by atoms with Crippen LogP contribution in [0, 0.1) is 12.7 Å². The number of rotatable bonds is 3. The molecule has 1 aliphatic rings. The van der Waals surface area contributed by atoms with Gasteiger partial charge in [-0.3, -0.25) is 4.79 Å². The summed E-state index contributed by atoms with van der Waals surface area (Å²) in [7, 11) is 1.49. The fraction of sp³-hybridized carbons (Fsp3) is 0.200. The molecular formula is C20H18FN3O3S. The summed E-state index contributed by atoms with van der Waals surface area (Å²) in [4.78, 5) is 12.3. The van der Waals surface area contributed by atoms with Gasteiger partial charge in [-0.05, 0) is 48.9 Å². The third-order valence-electron chi connectivity index (χ3n) is 4.59. The number of phenols is 1. The molecule has 1 aliphatic heterocycles. The Morgan fingerprint density at radius 1 is 1.29 bits per heavy atom. The Morgan fingerprint density at radius 3 is 2.75 bits per heavy atom. The predicted octanol–water partition coefficient (Wildman–Crippen LogP) is 3.81. The van der Waals surface area contributed by atoms with Gasteiger partial charge in [0, 0.05) is 5.56 Å². The Bertz CT molecular complexity index is 1050. The molecule has 0 bridgehead atoms. The van der Waals surface area contributed by atoms with Crippen LogP contribution in [0.2, 0.25) is 0 Å². The molecule has 0 spiro atoms. The van der Waals surface area contributed by atoms with Crippen LogP contribution < -0.4 is 10.1 Å². The van der Waals surface area contributed by atoms with Gasteiger partial charge in [0.1, 0.15) is 11.6 Å². The SMILES string of the molecule is COc1cc([C@@H]2SCC(=O)Nc3c2c(C)nn3-c2ccc(F)cc2)ccc1O. The number of phenolic OH excluding ortho intramolecular Hbond substituents is 1. The molecule has 0 saturated heterocycles. The maximum absolute atomic E-state index is 13.3. The molecule has 8 heteroatoms. The number of fused-ring (bicyclic) bond motifs is 1. The first-order valence-electron chi connectivity index (χ1n) is 8.61. The van der Waals surface area contributed by atoms with Crippen molar-refractivity contribution >= 4 is 23.5 Å². The topological polar surface area (TPSA) is 76.4 Å². The summed E-state index contributed by atoms with van der Waals surface area (Å²) < 4.78 is 20.2. The van der Waals surface area contributed by atoms with Crippen LogP contribution in [-0.2, 0) is 4.79 Å². The second-order valence-electron chi connectivity index (χ2n) is 6.41. The summed E-state index contributed by atoms with van der Waals surface area (Å²) in [5.74, 6) is 0.779. The molecule has 1 amide bonds. The van der Waals surface area contributed by atoms with Crippen LogP contribution in [0.3, 0.4) is 0 Å². The number of aromatic nitrogens is 2. The van der Waals surface area contributed by atoms with Crippen molar-refractivity contribution in [3.63, 3.8) is 0 Å². The number of thioether (sulfide) groups is 1. The van der Waals surface area contributed by atoms with Crippen molar-refractivity contribution in [3.05, 3.63) is 65.1 Å². The summed E-state index contributed by atoms with van der Waals surface area (Å²) >= 11 is 1.48. The molecule has 2 heterocycles. The van der Waals surface area contributed by atoms with Gasteiger partial charge in [-0.2, -0.15) is 5.10 Å². The van der Waals surface area contributed by atoms with Crippen molar-refractivity contribution < 1.29 is 19.0 Å². The van der Waals surface area contributed by atoms with Gasteiger partial charge in [0.05, 0.1) is 29.5 Å². The van der Waals surface area contributed by atoms with E-state index in [2.05, 4.69) is 10.4 Å². The van der Waals surface area contributed by atoms with Gasteiger partial charge < -0.3 is 15.2 Å². The third kappa shape index (κ3) is 3.20. The highest BCUT2D eigenvalue weighted by atomic mass is 32.2. The lowest BCUT2D eigenvalue weighted by Crippen LogP contribution is -2.15. The number of aryl methyl sites for hydroxylation is 1. The largest absolute Gasteiger partial charge is 0.504 e. The lowest BCUT2D eigenvalue weighted by Gasteiger charge is -2.16. The van der Waals surface area contributed by atoms with E-state index in [0.717, 1.165) is 16.8 Å². The van der Waals surface area contributed by atoms with Gasteiger partial charge in [0.15, 0.2) is 11.5 Å². The molecule has 4 rings (SSSR count). The van der Waals surface area contributed by atoms with Crippen molar-refractivity contribution in [1.82, 2.24) is 9.78 Å². The molecule has 2 N–H and O–H groups in total. The van der Waals surface area contributed by atoms with E-state index < -0.39 is 0 Å². The first kappa shape index (κ1) is 18.4. The zero-order chi connectivity index (χ0) is 19.8. The second kappa shape index (κ2) is 7.20. The van der Waals surface area contributed by atoms with E-state index >= 15 is 0 Å². The number of aromatic hydroxyl groups is 1. The minimum atomic E-state index is -0.340. The van der Waals surface area contributed by atoms with Crippen LogP contribution in [0.4, 0.5) is 10.2 Å². The summed E-state index contributed by atoms with van der Waals surface area (Å²) in [5.41, 5.74) is 3.16. The molecule has 2 aromatic carbocycles. The normalized spacial score (nSPS) is 16.2. The molecule has 1 atom stereocenters. The second-order valence-corrected chi connectivity index (χ2v) is 7.50. The van der Waals surface area contributed by atoms with E-state index in [1.54, 1.807) is 28.9 Å². The minimum Gasteiger partial charge on any atom is -0.504 e. The summed E-state index contributed by atoms with van der Waals surface area (Å²) in [6.07, 6.45) is 0. The van der Waals surface area contributed by atoms with Crippen molar-refractivity contribution in [2.45, 2.75) is 12.2 Å². The molecule has 0 aliphatic carbocycles. The van der Waals surface area contributed by atoms with Crippen molar-refractivity contribution in [1.29, 1.82) is 0 Å².